The summed E-state index contributed by atoms with van der Waals surface area (Å²) in [5.41, 5.74) is 1.11. The maximum absolute atomic E-state index is 6.28. The Labute approximate surface area is 109 Å². The first-order valence-corrected chi connectivity index (χ1v) is 6.08. The third-order valence-electron chi connectivity index (χ3n) is 2.77. The van der Waals surface area contributed by atoms with E-state index in [1.54, 1.807) is 7.11 Å². The van der Waals surface area contributed by atoms with Gasteiger partial charge in [-0.15, -0.1) is 0 Å². The van der Waals surface area contributed by atoms with Crippen LogP contribution in [0.3, 0.4) is 0 Å². The number of hydrogen-bond acceptors (Lipinski definition) is 3. The van der Waals surface area contributed by atoms with Gasteiger partial charge in [0.15, 0.2) is 0 Å². The maximum Gasteiger partial charge on any atom is 0.120 e. The van der Waals surface area contributed by atoms with E-state index in [-0.39, 0.29) is 5.41 Å². The summed E-state index contributed by atoms with van der Waals surface area (Å²) < 4.78 is 5.15. The van der Waals surface area contributed by atoms with Crippen LogP contribution in [-0.4, -0.2) is 27.4 Å². The van der Waals surface area contributed by atoms with Crippen LogP contribution < -0.4 is 15.4 Å². The third-order valence-corrected chi connectivity index (χ3v) is 3.09. The second-order valence-electron chi connectivity index (χ2n) is 4.69. The fourth-order valence-corrected chi connectivity index (χ4v) is 2.19. The lowest BCUT2D eigenvalue weighted by molar-refractivity contribution is 0.413. The van der Waals surface area contributed by atoms with E-state index in [9.17, 15) is 0 Å². The van der Waals surface area contributed by atoms with Crippen LogP contribution in [0.15, 0.2) is 18.2 Å². The second kappa shape index (κ2) is 6.24. The van der Waals surface area contributed by atoms with Gasteiger partial charge in [0.1, 0.15) is 5.75 Å². The van der Waals surface area contributed by atoms with E-state index in [0.29, 0.717) is 0 Å². The van der Waals surface area contributed by atoms with Crippen LogP contribution in [0.2, 0.25) is 5.02 Å². The minimum Gasteiger partial charge on any atom is -0.497 e. The van der Waals surface area contributed by atoms with Gasteiger partial charge in [-0.1, -0.05) is 31.5 Å². The molecule has 0 aliphatic heterocycles. The van der Waals surface area contributed by atoms with Crippen molar-refractivity contribution in [2.24, 2.45) is 0 Å². The molecular weight excluding hydrogens is 236 g/mol. The second-order valence-corrected chi connectivity index (χ2v) is 5.09. The minimum atomic E-state index is -0.0137. The van der Waals surface area contributed by atoms with Crippen LogP contribution >= 0.6 is 11.6 Å². The summed E-state index contributed by atoms with van der Waals surface area (Å²) in [7, 11) is 3.56. The average Bonchev–Trinajstić information content (AvgIpc) is 2.28. The Morgan fingerprint density at radius 3 is 2.59 bits per heavy atom. The molecule has 1 rings (SSSR count). The number of methoxy groups -OCH3 is 1. The van der Waals surface area contributed by atoms with Crippen LogP contribution in [0.5, 0.6) is 5.75 Å². The lowest BCUT2D eigenvalue weighted by Crippen LogP contribution is -2.37. The molecule has 0 unspecified atom stereocenters. The van der Waals surface area contributed by atoms with E-state index >= 15 is 0 Å². The highest BCUT2D eigenvalue weighted by Gasteiger charge is 2.23. The van der Waals surface area contributed by atoms with E-state index < -0.39 is 0 Å². The lowest BCUT2D eigenvalue weighted by atomic mass is 9.84. The summed E-state index contributed by atoms with van der Waals surface area (Å²) in [6.45, 7) is 5.99. The molecule has 17 heavy (non-hydrogen) atoms. The fraction of sp³-hybridized carbons (Fsp3) is 0.538. The smallest absolute Gasteiger partial charge is 0.120 e. The van der Waals surface area contributed by atoms with Crippen molar-refractivity contribution in [2.75, 3.05) is 27.4 Å². The Morgan fingerprint density at radius 2 is 2.06 bits per heavy atom. The normalized spacial score (nSPS) is 11.6. The topological polar surface area (TPSA) is 33.3 Å². The van der Waals surface area contributed by atoms with Crippen molar-refractivity contribution in [3.8, 4) is 5.75 Å². The lowest BCUT2D eigenvalue weighted by Gasteiger charge is -2.27. The molecule has 0 bridgehead atoms. The average molecular weight is 257 g/mol. The summed E-state index contributed by atoms with van der Waals surface area (Å²) in [6, 6.07) is 5.83. The van der Waals surface area contributed by atoms with Crippen molar-refractivity contribution in [3.63, 3.8) is 0 Å². The summed E-state index contributed by atoms with van der Waals surface area (Å²) in [5, 5.41) is 7.14. The van der Waals surface area contributed by atoms with E-state index in [2.05, 4.69) is 24.5 Å². The Bertz CT molecular complexity index is 366. The minimum absolute atomic E-state index is 0.0137. The van der Waals surface area contributed by atoms with Gasteiger partial charge in [-0.3, -0.25) is 0 Å². The molecule has 0 fully saturated rings. The molecule has 0 spiro atoms. The molecule has 1 aromatic carbocycles. The standard InChI is InChI=1S/C13H21ClN2O/c1-13(2,8-16-9-15-3)11-6-5-10(17-4)7-12(11)14/h5-7,15-16H,8-9H2,1-4H3. The van der Waals surface area contributed by atoms with Gasteiger partial charge in [-0.25, -0.2) is 0 Å². The van der Waals surface area contributed by atoms with E-state index in [1.807, 2.05) is 25.2 Å². The molecular formula is C13H21ClN2O. The number of rotatable bonds is 6. The van der Waals surface area contributed by atoms with E-state index in [4.69, 9.17) is 16.3 Å². The summed E-state index contributed by atoms with van der Waals surface area (Å²) >= 11 is 6.28. The van der Waals surface area contributed by atoms with Crippen molar-refractivity contribution >= 4 is 11.6 Å². The maximum atomic E-state index is 6.28. The SMILES string of the molecule is CNCNCC(C)(C)c1ccc(OC)cc1Cl. The van der Waals surface area contributed by atoms with Crippen molar-refractivity contribution in [3.05, 3.63) is 28.8 Å². The first-order valence-electron chi connectivity index (χ1n) is 5.70. The molecule has 0 aromatic heterocycles. The largest absolute Gasteiger partial charge is 0.497 e. The highest BCUT2D eigenvalue weighted by molar-refractivity contribution is 6.31. The molecule has 0 heterocycles. The van der Waals surface area contributed by atoms with E-state index in [1.165, 1.54) is 0 Å². The summed E-state index contributed by atoms with van der Waals surface area (Å²) in [5.74, 6) is 0.790. The predicted molar refractivity (Wildman–Crippen MR) is 73.0 cm³/mol. The summed E-state index contributed by atoms with van der Waals surface area (Å²) in [6.07, 6.45) is 0. The van der Waals surface area contributed by atoms with Crippen LogP contribution in [0, 0.1) is 0 Å². The molecule has 0 aliphatic rings. The first-order chi connectivity index (χ1) is 8.01. The molecule has 2 N–H and O–H groups in total. The Morgan fingerprint density at radius 1 is 1.35 bits per heavy atom. The fourth-order valence-electron chi connectivity index (χ4n) is 1.77. The highest BCUT2D eigenvalue weighted by atomic mass is 35.5. The molecule has 3 nitrogen and oxygen atoms in total. The molecule has 0 atom stereocenters. The molecule has 0 saturated heterocycles. The van der Waals surface area contributed by atoms with E-state index in [0.717, 1.165) is 29.5 Å². The third kappa shape index (κ3) is 3.87. The molecule has 0 amide bonds. The summed E-state index contributed by atoms with van der Waals surface area (Å²) in [4.78, 5) is 0. The zero-order valence-corrected chi connectivity index (χ0v) is 11.7. The monoisotopic (exact) mass is 256 g/mol. The molecule has 0 saturated carbocycles. The molecule has 0 aliphatic carbocycles. The number of hydrogen-bond donors (Lipinski definition) is 2. The Balaban J connectivity index is 2.82. The Hall–Kier alpha value is -0.770. The molecule has 1 aromatic rings. The van der Waals surface area contributed by atoms with Crippen molar-refractivity contribution in [1.82, 2.24) is 10.6 Å². The van der Waals surface area contributed by atoms with Gasteiger partial charge in [-0.2, -0.15) is 0 Å². The van der Waals surface area contributed by atoms with Gasteiger partial charge in [0.25, 0.3) is 0 Å². The van der Waals surface area contributed by atoms with Crippen LogP contribution in [-0.2, 0) is 5.41 Å². The van der Waals surface area contributed by atoms with Gasteiger partial charge in [0.2, 0.25) is 0 Å². The van der Waals surface area contributed by atoms with Crippen LogP contribution in [0.1, 0.15) is 19.4 Å². The van der Waals surface area contributed by atoms with Crippen LogP contribution in [0.25, 0.3) is 0 Å². The number of halogens is 1. The van der Waals surface area contributed by atoms with Gasteiger partial charge in [0.05, 0.1) is 7.11 Å². The molecule has 96 valence electrons. The number of nitrogens with one attached hydrogen (secondary N) is 2. The van der Waals surface area contributed by atoms with Gasteiger partial charge < -0.3 is 15.4 Å². The number of ether oxygens (including phenoxy) is 1. The number of benzene rings is 1. The van der Waals surface area contributed by atoms with Crippen LogP contribution in [0.4, 0.5) is 0 Å². The molecule has 0 radical (unpaired) electrons. The van der Waals surface area contributed by atoms with Crippen molar-refractivity contribution in [1.29, 1.82) is 0 Å². The first kappa shape index (κ1) is 14.3. The Kier molecular flexibility index (Phi) is 5.25. The highest BCUT2D eigenvalue weighted by Crippen LogP contribution is 2.32. The van der Waals surface area contributed by atoms with Crippen molar-refractivity contribution < 1.29 is 4.74 Å². The van der Waals surface area contributed by atoms with Crippen molar-refractivity contribution in [2.45, 2.75) is 19.3 Å². The zero-order chi connectivity index (χ0) is 12.9. The van der Waals surface area contributed by atoms with Gasteiger partial charge >= 0.3 is 0 Å². The van der Waals surface area contributed by atoms with Gasteiger partial charge in [0, 0.05) is 23.7 Å². The van der Waals surface area contributed by atoms with Gasteiger partial charge in [-0.05, 0) is 24.7 Å². The molecule has 4 heteroatoms. The zero-order valence-electron chi connectivity index (χ0n) is 10.9. The quantitative estimate of drug-likeness (QED) is 0.606. The predicted octanol–water partition coefficient (Wildman–Crippen LogP) is 2.39.